The molecule has 17 heavy (non-hydrogen) atoms. The summed E-state index contributed by atoms with van der Waals surface area (Å²) in [4.78, 5) is 0. The molecule has 2 nitrogen and oxygen atoms in total. The van der Waals surface area contributed by atoms with E-state index in [1.165, 1.54) is 18.4 Å². The Morgan fingerprint density at radius 2 is 2.29 bits per heavy atom. The van der Waals surface area contributed by atoms with E-state index in [-0.39, 0.29) is 6.10 Å². The number of halogens is 1. The van der Waals surface area contributed by atoms with Crippen molar-refractivity contribution in [2.45, 2.75) is 25.9 Å². The molecule has 0 saturated heterocycles. The number of hydrogen-bond acceptors (Lipinski definition) is 2. The van der Waals surface area contributed by atoms with Crippen molar-refractivity contribution in [3.8, 4) is 0 Å². The lowest BCUT2D eigenvalue weighted by molar-refractivity contribution is 0.0455. The predicted molar refractivity (Wildman–Crippen MR) is 74.1 cm³/mol. The topological polar surface area (TPSA) is 21.3 Å². The van der Waals surface area contributed by atoms with Crippen molar-refractivity contribution in [2.75, 3.05) is 19.7 Å². The van der Waals surface area contributed by atoms with Crippen LogP contribution < -0.4 is 5.32 Å². The van der Waals surface area contributed by atoms with Gasteiger partial charge in [-0.1, -0.05) is 35.0 Å². The third-order valence-electron chi connectivity index (χ3n) is 3.03. The number of hydrogen-bond donors (Lipinski definition) is 1. The average Bonchev–Trinajstić information content (AvgIpc) is 3.13. The molecule has 1 saturated carbocycles. The van der Waals surface area contributed by atoms with Gasteiger partial charge in [0.05, 0.1) is 12.7 Å². The van der Waals surface area contributed by atoms with Crippen molar-refractivity contribution in [3.63, 3.8) is 0 Å². The Bertz CT molecular complexity index is 352. The van der Waals surface area contributed by atoms with E-state index in [1.54, 1.807) is 0 Å². The molecule has 0 amide bonds. The van der Waals surface area contributed by atoms with Gasteiger partial charge < -0.3 is 10.1 Å². The molecule has 3 heteroatoms. The normalized spacial score (nSPS) is 17.1. The summed E-state index contributed by atoms with van der Waals surface area (Å²) in [5, 5.41) is 3.37. The standard InChI is InChI=1S/C14H20BrNO/c1-2-16-9-14(17-10-11-6-7-11)12-4-3-5-13(15)8-12/h3-5,8,11,14,16H,2,6-7,9-10H2,1H3. The average molecular weight is 298 g/mol. The number of benzene rings is 1. The molecule has 1 aromatic rings. The van der Waals surface area contributed by atoms with Gasteiger partial charge in [0.2, 0.25) is 0 Å². The van der Waals surface area contributed by atoms with Crippen LogP contribution in [0.15, 0.2) is 28.7 Å². The Kier molecular flexibility index (Phi) is 5.01. The number of ether oxygens (including phenoxy) is 1. The largest absolute Gasteiger partial charge is 0.372 e. The molecule has 1 aliphatic carbocycles. The second kappa shape index (κ2) is 6.53. The van der Waals surface area contributed by atoms with Crippen LogP contribution in [-0.2, 0) is 4.74 Å². The van der Waals surface area contributed by atoms with Crippen LogP contribution in [0.2, 0.25) is 0 Å². The van der Waals surface area contributed by atoms with E-state index in [0.29, 0.717) is 0 Å². The quantitative estimate of drug-likeness (QED) is 0.831. The summed E-state index contributed by atoms with van der Waals surface area (Å²) in [5.41, 5.74) is 1.25. The van der Waals surface area contributed by atoms with Gasteiger partial charge in [-0.3, -0.25) is 0 Å². The summed E-state index contributed by atoms with van der Waals surface area (Å²) in [6, 6.07) is 8.40. The Hall–Kier alpha value is -0.380. The molecule has 1 atom stereocenters. The zero-order valence-electron chi connectivity index (χ0n) is 10.3. The maximum Gasteiger partial charge on any atom is 0.0949 e. The molecular formula is C14H20BrNO. The third-order valence-corrected chi connectivity index (χ3v) is 3.52. The molecule has 1 fully saturated rings. The maximum absolute atomic E-state index is 6.03. The lowest BCUT2D eigenvalue weighted by Gasteiger charge is -2.19. The first-order valence-electron chi connectivity index (χ1n) is 6.37. The molecule has 0 radical (unpaired) electrons. The van der Waals surface area contributed by atoms with Gasteiger partial charge in [0, 0.05) is 11.0 Å². The van der Waals surface area contributed by atoms with Gasteiger partial charge >= 0.3 is 0 Å². The highest BCUT2D eigenvalue weighted by molar-refractivity contribution is 9.10. The minimum absolute atomic E-state index is 0.174. The first-order valence-corrected chi connectivity index (χ1v) is 7.16. The zero-order valence-corrected chi connectivity index (χ0v) is 11.9. The fourth-order valence-corrected chi connectivity index (χ4v) is 2.21. The van der Waals surface area contributed by atoms with Gasteiger partial charge in [-0.05, 0) is 43.0 Å². The monoisotopic (exact) mass is 297 g/mol. The van der Waals surface area contributed by atoms with Gasteiger partial charge in [0.15, 0.2) is 0 Å². The Morgan fingerprint density at radius 1 is 1.47 bits per heavy atom. The highest BCUT2D eigenvalue weighted by atomic mass is 79.9. The van der Waals surface area contributed by atoms with Crippen molar-refractivity contribution in [1.29, 1.82) is 0 Å². The van der Waals surface area contributed by atoms with Gasteiger partial charge in [-0.25, -0.2) is 0 Å². The van der Waals surface area contributed by atoms with Crippen molar-refractivity contribution in [3.05, 3.63) is 34.3 Å². The summed E-state index contributed by atoms with van der Waals surface area (Å²) in [5.74, 6) is 0.811. The summed E-state index contributed by atoms with van der Waals surface area (Å²) in [6.07, 6.45) is 2.85. The molecule has 2 rings (SSSR count). The van der Waals surface area contributed by atoms with E-state index in [4.69, 9.17) is 4.74 Å². The van der Waals surface area contributed by atoms with Crippen LogP contribution in [0.5, 0.6) is 0 Å². The van der Waals surface area contributed by atoms with Crippen molar-refractivity contribution in [1.82, 2.24) is 5.32 Å². The van der Waals surface area contributed by atoms with E-state index >= 15 is 0 Å². The van der Waals surface area contributed by atoms with Crippen molar-refractivity contribution < 1.29 is 4.74 Å². The molecule has 0 heterocycles. The second-order valence-electron chi connectivity index (χ2n) is 4.63. The molecule has 0 bridgehead atoms. The minimum Gasteiger partial charge on any atom is -0.372 e. The molecule has 0 spiro atoms. The molecule has 1 aliphatic rings. The van der Waals surface area contributed by atoms with Gasteiger partial charge in [0.25, 0.3) is 0 Å². The predicted octanol–water partition coefficient (Wildman–Crippen LogP) is 3.53. The lowest BCUT2D eigenvalue weighted by Crippen LogP contribution is -2.23. The van der Waals surface area contributed by atoms with E-state index in [1.807, 2.05) is 0 Å². The van der Waals surface area contributed by atoms with Crippen molar-refractivity contribution in [2.24, 2.45) is 5.92 Å². The van der Waals surface area contributed by atoms with Crippen LogP contribution in [-0.4, -0.2) is 19.7 Å². The second-order valence-corrected chi connectivity index (χ2v) is 5.54. The molecular weight excluding hydrogens is 278 g/mol. The Morgan fingerprint density at radius 3 is 2.94 bits per heavy atom. The smallest absolute Gasteiger partial charge is 0.0949 e. The number of likely N-dealkylation sites (N-methyl/N-ethyl adjacent to an activating group) is 1. The van der Waals surface area contributed by atoms with E-state index in [9.17, 15) is 0 Å². The van der Waals surface area contributed by atoms with E-state index < -0.39 is 0 Å². The van der Waals surface area contributed by atoms with Crippen LogP contribution in [0.25, 0.3) is 0 Å². The van der Waals surface area contributed by atoms with Crippen LogP contribution in [0.1, 0.15) is 31.4 Å². The molecule has 94 valence electrons. The molecule has 1 N–H and O–H groups in total. The number of rotatable bonds is 7. The van der Waals surface area contributed by atoms with Gasteiger partial charge in [-0.2, -0.15) is 0 Å². The molecule has 1 unspecified atom stereocenters. The van der Waals surface area contributed by atoms with Crippen LogP contribution >= 0.6 is 15.9 Å². The van der Waals surface area contributed by atoms with Gasteiger partial charge in [-0.15, -0.1) is 0 Å². The first-order chi connectivity index (χ1) is 8.29. The fraction of sp³-hybridized carbons (Fsp3) is 0.571. The highest BCUT2D eigenvalue weighted by Crippen LogP contribution is 2.31. The molecule has 1 aromatic carbocycles. The molecule has 0 aromatic heterocycles. The highest BCUT2D eigenvalue weighted by Gasteiger charge is 2.23. The number of nitrogens with one attached hydrogen (secondary N) is 1. The van der Waals surface area contributed by atoms with E-state index in [2.05, 4.69) is 52.4 Å². The minimum atomic E-state index is 0.174. The maximum atomic E-state index is 6.03. The molecule has 0 aliphatic heterocycles. The Labute approximate surface area is 112 Å². The summed E-state index contributed by atoms with van der Waals surface area (Å²) >= 11 is 3.52. The van der Waals surface area contributed by atoms with Crippen molar-refractivity contribution >= 4 is 15.9 Å². The summed E-state index contributed by atoms with van der Waals surface area (Å²) in [6.45, 7) is 4.90. The van der Waals surface area contributed by atoms with Crippen LogP contribution in [0.4, 0.5) is 0 Å². The fourth-order valence-electron chi connectivity index (χ4n) is 1.79. The Balaban J connectivity index is 1.96. The van der Waals surface area contributed by atoms with Crippen LogP contribution in [0.3, 0.4) is 0 Å². The summed E-state index contributed by atoms with van der Waals surface area (Å²) < 4.78 is 7.14. The summed E-state index contributed by atoms with van der Waals surface area (Å²) in [7, 11) is 0. The zero-order chi connectivity index (χ0) is 12.1. The SMILES string of the molecule is CCNCC(OCC1CC1)c1cccc(Br)c1. The first kappa shape index (κ1) is 13.1. The van der Waals surface area contributed by atoms with E-state index in [0.717, 1.165) is 30.1 Å². The third kappa shape index (κ3) is 4.41. The lowest BCUT2D eigenvalue weighted by atomic mass is 10.1. The van der Waals surface area contributed by atoms with Gasteiger partial charge in [0.1, 0.15) is 0 Å². The van der Waals surface area contributed by atoms with Crippen LogP contribution in [0, 0.1) is 5.92 Å².